The third kappa shape index (κ3) is 33.2. The number of benzene rings is 1. The van der Waals surface area contributed by atoms with Gasteiger partial charge in [0.1, 0.15) is 0 Å². The van der Waals surface area contributed by atoms with Gasteiger partial charge in [-0.05, 0) is 55.9 Å². The lowest BCUT2D eigenvalue weighted by molar-refractivity contribution is -0.368. The summed E-state index contributed by atoms with van der Waals surface area (Å²) >= 11 is 0. The monoisotopic (exact) mass is 549 g/mol. The third-order valence-electron chi connectivity index (χ3n) is 7.13. The smallest absolute Gasteiger partial charge is 0.0739 e. The van der Waals surface area contributed by atoms with E-state index in [0.717, 1.165) is 31.3 Å². The number of quaternary nitrogens is 2. The van der Waals surface area contributed by atoms with Crippen molar-refractivity contribution in [3.8, 4) is 0 Å². The van der Waals surface area contributed by atoms with Crippen LogP contribution in [-0.4, -0.2) is 20.2 Å². The second kappa shape index (κ2) is 31.6. The summed E-state index contributed by atoms with van der Waals surface area (Å²) in [5.41, 5.74) is 9.19. The normalized spacial score (nSPS) is 10.7. The van der Waals surface area contributed by atoms with E-state index < -0.39 is 7.12 Å². The van der Waals surface area contributed by atoms with Crippen LogP contribution in [0.25, 0.3) is 0 Å². The second-order valence-electron chi connectivity index (χ2n) is 12.2. The molecule has 0 aliphatic rings. The maximum Gasteiger partial charge on any atom is 0.0739 e. The van der Waals surface area contributed by atoms with Crippen molar-refractivity contribution in [1.29, 1.82) is 0 Å². The van der Waals surface area contributed by atoms with E-state index in [1.165, 1.54) is 121 Å². The zero-order chi connectivity index (χ0) is 29.6. The number of hydrogen-bond donors (Lipinski definition) is 2. The van der Waals surface area contributed by atoms with Crippen molar-refractivity contribution in [2.24, 2.45) is 11.8 Å². The van der Waals surface area contributed by atoms with E-state index in [0.29, 0.717) is 5.46 Å². The quantitative estimate of drug-likeness (QED) is 0.149. The fourth-order valence-corrected chi connectivity index (χ4v) is 4.47. The third-order valence-corrected chi connectivity index (χ3v) is 7.13. The zero-order valence-corrected chi connectivity index (χ0v) is 27.1. The first kappa shape index (κ1) is 40.3. The molecule has 0 aromatic heterocycles. The minimum atomic E-state index is -1.85. The van der Waals surface area contributed by atoms with E-state index in [1.54, 1.807) is 12.1 Å². The Morgan fingerprint density at radius 1 is 0.564 bits per heavy atom. The Kier molecular flexibility index (Phi) is 32.7. The molecule has 39 heavy (non-hydrogen) atoms. The van der Waals surface area contributed by atoms with Crippen LogP contribution in [0.5, 0.6) is 0 Å². The van der Waals surface area contributed by atoms with E-state index in [4.69, 9.17) is 0 Å². The molecule has 0 aliphatic carbocycles. The van der Waals surface area contributed by atoms with Crippen LogP contribution < -0.4 is 27.0 Å². The molecule has 1 aromatic rings. The van der Waals surface area contributed by atoms with Crippen molar-refractivity contribution in [2.45, 2.75) is 157 Å². The van der Waals surface area contributed by atoms with Crippen molar-refractivity contribution in [3.05, 3.63) is 29.8 Å². The van der Waals surface area contributed by atoms with Gasteiger partial charge in [-0.25, -0.2) is 0 Å². The van der Waals surface area contributed by atoms with Crippen LogP contribution in [-0.2, 0) is 6.42 Å². The summed E-state index contributed by atoms with van der Waals surface area (Å²) in [5, 5.41) is 21.5. The number of hydrogen-bond acceptors (Lipinski definition) is 2. The highest BCUT2D eigenvalue weighted by molar-refractivity contribution is 6.55. The summed E-state index contributed by atoms with van der Waals surface area (Å²) in [4.78, 5) is 0. The van der Waals surface area contributed by atoms with Gasteiger partial charge < -0.3 is 21.5 Å². The fraction of sp³-hybridized carbons (Fsp3) is 0.824. The fourth-order valence-electron chi connectivity index (χ4n) is 4.47. The molecular weight excluding hydrogens is 479 g/mol. The van der Waals surface area contributed by atoms with Gasteiger partial charge in [0.25, 0.3) is 0 Å². The van der Waals surface area contributed by atoms with E-state index in [1.807, 2.05) is 12.1 Å². The van der Waals surface area contributed by atoms with Crippen molar-refractivity contribution in [1.82, 2.24) is 0 Å². The predicted molar refractivity (Wildman–Crippen MR) is 170 cm³/mol. The molecule has 0 saturated carbocycles. The molecule has 0 unspecified atom stereocenters. The summed E-state index contributed by atoms with van der Waals surface area (Å²) in [6, 6.07) is 7.20. The molecule has 0 fully saturated rings. The lowest BCUT2D eigenvalue weighted by Gasteiger charge is -2.26. The first-order valence-electron chi connectivity index (χ1n) is 16.8. The molecule has 5 heteroatoms. The highest BCUT2D eigenvalue weighted by Gasteiger charge is 1.96. The molecule has 1 rings (SSSR count). The van der Waals surface area contributed by atoms with Gasteiger partial charge in [0.15, 0.2) is 0 Å². The molecule has 1 aromatic carbocycles. The van der Waals surface area contributed by atoms with Crippen molar-refractivity contribution in [2.75, 3.05) is 13.1 Å². The van der Waals surface area contributed by atoms with Crippen LogP contribution in [0.1, 0.15) is 156 Å². The van der Waals surface area contributed by atoms with Gasteiger partial charge in [0, 0.05) is 0 Å². The van der Waals surface area contributed by atoms with Crippen LogP contribution in [0.4, 0.5) is 0 Å². The van der Waals surface area contributed by atoms with Gasteiger partial charge in [-0.15, -0.1) is 5.46 Å². The molecule has 230 valence electrons. The first-order chi connectivity index (χ1) is 18.8. The minimum Gasteiger partial charge on any atom is -0.889 e. The standard InChI is InChI=1S/C18H29BO2.2C8H19N/c1-2-3-4-5-6-7-8-9-10-11-12-17-13-15-18(16-14-17)19(20)21;2*1-8(2)6-4-3-5-7-9/h13-16H,2-12H2,1H3;2*8H,3-7,9H2,1-2H3/q-2;;/p+2. The molecule has 6 N–H and O–H groups in total. The van der Waals surface area contributed by atoms with E-state index >= 15 is 0 Å². The molecule has 0 atom stereocenters. The van der Waals surface area contributed by atoms with Crippen LogP contribution in [0.3, 0.4) is 0 Å². The SMILES string of the molecule is CC(C)CCCCC[NH3+].CC(C)CCCCC[NH3+].CCCCCCCCCCCCc1ccc(B([O-])[O-])cc1. The van der Waals surface area contributed by atoms with Gasteiger partial charge in [0.2, 0.25) is 0 Å². The molecule has 0 amide bonds. The number of rotatable bonds is 22. The van der Waals surface area contributed by atoms with E-state index in [9.17, 15) is 10.0 Å². The van der Waals surface area contributed by atoms with Crippen LogP contribution in [0.2, 0.25) is 0 Å². The molecule has 0 saturated heterocycles. The summed E-state index contributed by atoms with van der Waals surface area (Å²) in [7, 11) is -1.85. The molecule has 4 nitrogen and oxygen atoms in total. The molecule has 0 radical (unpaired) electrons. The van der Waals surface area contributed by atoms with Crippen LogP contribution >= 0.6 is 0 Å². The van der Waals surface area contributed by atoms with Gasteiger partial charge >= 0.3 is 0 Å². The van der Waals surface area contributed by atoms with Crippen LogP contribution in [0.15, 0.2) is 24.3 Å². The van der Waals surface area contributed by atoms with E-state index in [-0.39, 0.29) is 0 Å². The minimum absolute atomic E-state index is 0.349. The highest BCUT2D eigenvalue weighted by Crippen LogP contribution is 2.12. The Morgan fingerprint density at radius 2 is 0.949 bits per heavy atom. The molecular formula is C34H69BN2O2. The number of aryl methyl sites for hydroxylation is 1. The van der Waals surface area contributed by atoms with Gasteiger partial charge in [-0.2, -0.15) is 0 Å². The average Bonchev–Trinajstić information content (AvgIpc) is 2.91. The average molecular weight is 549 g/mol. The van der Waals surface area contributed by atoms with Gasteiger partial charge in [0.05, 0.1) is 13.1 Å². The maximum absolute atomic E-state index is 10.7. The molecule has 0 heterocycles. The second-order valence-corrected chi connectivity index (χ2v) is 12.2. The predicted octanol–water partition coefficient (Wildman–Crippen LogP) is 5.46. The lowest BCUT2D eigenvalue weighted by atomic mass is 9.80. The van der Waals surface area contributed by atoms with Crippen molar-refractivity contribution in [3.63, 3.8) is 0 Å². The number of unbranched alkanes of at least 4 members (excludes halogenated alkanes) is 13. The van der Waals surface area contributed by atoms with E-state index in [2.05, 4.69) is 46.1 Å². The Balaban J connectivity index is 0. The summed E-state index contributed by atoms with van der Waals surface area (Å²) < 4.78 is 0. The van der Waals surface area contributed by atoms with Gasteiger partial charge in [-0.3, -0.25) is 0 Å². The Hall–Kier alpha value is -0.875. The van der Waals surface area contributed by atoms with Crippen molar-refractivity contribution < 1.29 is 21.5 Å². The Morgan fingerprint density at radius 3 is 1.31 bits per heavy atom. The molecule has 0 spiro atoms. The Bertz CT molecular complexity index is 563. The topological polar surface area (TPSA) is 101 Å². The summed E-state index contributed by atoms with van der Waals surface area (Å²) in [6.45, 7) is 13.6. The molecule has 0 bridgehead atoms. The first-order valence-corrected chi connectivity index (χ1v) is 16.8. The molecule has 0 aliphatic heterocycles. The maximum atomic E-state index is 10.7. The largest absolute Gasteiger partial charge is 0.889 e. The van der Waals surface area contributed by atoms with Crippen LogP contribution in [0, 0.1) is 11.8 Å². The Labute approximate surface area is 245 Å². The highest BCUT2D eigenvalue weighted by atomic mass is 16.4. The zero-order valence-electron chi connectivity index (χ0n) is 27.1. The lowest BCUT2D eigenvalue weighted by Crippen LogP contribution is -2.55. The van der Waals surface area contributed by atoms with Gasteiger partial charge in [-0.1, -0.05) is 149 Å². The summed E-state index contributed by atoms with van der Waals surface area (Å²) in [5.74, 6) is 1.77. The van der Waals surface area contributed by atoms with Crippen molar-refractivity contribution >= 4 is 12.6 Å². The summed E-state index contributed by atoms with van der Waals surface area (Å²) in [6.07, 6.45) is 25.5.